The maximum Gasteiger partial charge on any atom is 0.207 e. The predicted molar refractivity (Wildman–Crippen MR) is 127 cm³/mol. The Hall–Kier alpha value is -4.19. The van der Waals surface area contributed by atoms with Crippen molar-refractivity contribution in [3.63, 3.8) is 0 Å². The van der Waals surface area contributed by atoms with Crippen molar-refractivity contribution in [3.05, 3.63) is 89.4 Å². The number of aryl methyl sites for hydroxylation is 1. The minimum Gasteiger partial charge on any atom is -0.497 e. The Bertz CT molecular complexity index is 1500. The number of aromatic nitrogens is 3. The highest BCUT2D eigenvalue weighted by atomic mass is 16.5. The number of aromatic amines is 1. The Morgan fingerprint density at radius 2 is 1.73 bits per heavy atom. The fourth-order valence-electron chi connectivity index (χ4n) is 5.06. The van der Waals surface area contributed by atoms with E-state index in [1.807, 2.05) is 61.5 Å². The van der Waals surface area contributed by atoms with Crippen LogP contribution in [0, 0.1) is 6.92 Å². The molecule has 1 atom stereocenters. The van der Waals surface area contributed by atoms with Crippen molar-refractivity contribution < 1.29 is 14.9 Å². The smallest absolute Gasteiger partial charge is 0.207 e. The fourth-order valence-corrected chi connectivity index (χ4v) is 5.06. The largest absolute Gasteiger partial charge is 0.497 e. The summed E-state index contributed by atoms with van der Waals surface area (Å²) in [4.78, 5) is 7.69. The molecule has 0 saturated heterocycles. The van der Waals surface area contributed by atoms with Crippen LogP contribution in [0.25, 0.3) is 27.7 Å². The summed E-state index contributed by atoms with van der Waals surface area (Å²) in [5.41, 5.74) is 7.10. The number of benzene rings is 2. The zero-order valence-electron chi connectivity index (χ0n) is 18.3. The molecule has 1 unspecified atom stereocenters. The predicted octanol–water partition coefficient (Wildman–Crippen LogP) is 5.44. The minimum atomic E-state index is -0.136. The molecule has 0 spiro atoms. The van der Waals surface area contributed by atoms with Crippen LogP contribution < -0.4 is 4.74 Å². The summed E-state index contributed by atoms with van der Waals surface area (Å²) >= 11 is 0. The van der Waals surface area contributed by atoms with E-state index in [2.05, 4.69) is 9.97 Å². The van der Waals surface area contributed by atoms with Crippen LogP contribution in [0.4, 0.5) is 0 Å². The molecule has 5 aromatic rings. The molecule has 0 aliphatic heterocycles. The second kappa shape index (κ2) is 7.17. The highest BCUT2D eigenvalue weighted by molar-refractivity contribution is 6.02. The molecule has 0 saturated carbocycles. The maximum absolute atomic E-state index is 11.5. The van der Waals surface area contributed by atoms with Crippen molar-refractivity contribution in [2.75, 3.05) is 7.11 Å². The van der Waals surface area contributed by atoms with E-state index in [4.69, 9.17) is 4.74 Å². The Kier molecular flexibility index (Phi) is 4.23. The highest BCUT2D eigenvalue weighted by Gasteiger charge is 2.37. The first-order valence-corrected chi connectivity index (χ1v) is 10.9. The Labute approximate surface area is 190 Å². The topological polar surface area (TPSA) is 83.3 Å². The number of rotatable bonds is 3. The van der Waals surface area contributed by atoms with Gasteiger partial charge >= 0.3 is 0 Å². The molecule has 0 radical (unpaired) electrons. The molecule has 0 bridgehead atoms. The van der Waals surface area contributed by atoms with Crippen molar-refractivity contribution >= 4 is 10.9 Å². The molecule has 3 N–H and O–H groups in total. The molecule has 3 aromatic heterocycles. The molecular formula is C27H23N3O3. The number of methoxy groups -OCH3 is 1. The standard InChI is InChI=1S/C27H23N3O3/c1-15-3-5-17(6-4-15)30-26(31)24-19(16-9-11-28-12-10-16)14-22-23(25(24)27(30)32)20-13-18(33-2)7-8-21(20)29-22/h3-13,19,29,31-32H,14H2,1-2H3. The first kappa shape index (κ1) is 19.5. The molecule has 0 fully saturated rings. The summed E-state index contributed by atoms with van der Waals surface area (Å²) in [6.07, 6.45) is 4.18. The van der Waals surface area contributed by atoms with Crippen molar-refractivity contribution in [2.45, 2.75) is 19.3 Å². The monoisotopic (exact) mass is 437 g/mol. The molecule has 164 valence electrons. The number of hydrogen-bond acceptors (Lipinski definition) is 4. The summed E-state index contributed by atoms with van der Waals surface area (Å²) in [7, 11) is 1.64. The SMILES string of the molecule is COc1ccc2[nH]c3c(c2c1)-c1c(c(O)n(-c2ccc(C)cc2)c1O)C(c1ccncc1)C3. The zero-order chi connectivity index (χ0) is 22.7. The number of H-pyrrole nitrogens is 1. The van der Waals surface area contributed by atoms with Crippen LogP contribution in [0.1, 0.15) is 28.3 Å². The van der Waals surface area contributed by atoms with Gasteiger partial charge in [-0.05, 0) is 61.4 Å². The average Bonchev–Trinajstić information content (AvgIpc) is 3.33. The van der Waals surface area contributed by atoms with Gasteiger partial charge in [0.15, 0.2) is 0 Å². The van der Waals surface area contributed by atoms with E-state index in [1.165, 1.54) is 4.57 Å². The molecule has 3 heterocycles. The van der Waals surface area contributed by atoms with Crippen LogP contribution >= 0.6 is 0 Å². The van der Waals surface area contributed by atoms with E-state index in [1.54, 1.807) is 19.5 Å². The number of aromatic hydroxyl groups is 2. The third-order valence-corrected chi connectivity index (χ3v) is 6.65. The van der Waals surface area contributed by atoms with Gasteiger partial charge in [-0.15, -0.1) is 0 Å². The molecule has 1 aliphatic rings. The second-order valence-corrected chi connectivity index (χ2v) is 8.53. The molecule has 0 amide bonds. The lowest BCUT2D eigenvalue weighted by Gasteiger charge is -2.23. The van der Waals surface area contributed by atoms with Gasteiger partial charge in [-0.3, -0.25) is 9.55 Å². The molecule has 6 rings (SSSR count). The van der Waals surface area contributed by atoms with Gasteiger partial charge in [0.1, 0.15) is 5.75 Å². The lowest BCUT2D eigenvalue weighted by Crippen LogP contribution is -2.11. The van der Waals surface area contributed by atoms with Gasteiger partial charge in [0, 0.05) is 46.0 Å². The lowest BCUT2D eigenvalue weighted by atomic mass is 9.79. The average molecular weight is 437 g/mol. The van der Waals surface area contributed by atoms with Crippen LogP contribution in [0.3, 0.4) is 0 Å². The number of pyridine rings is 1. The first-order valence-electron chi connectivity index (χ1n) is 10.9. The lowest BCUT2D eigenvalue weighted by molar-refractivity contribution is 0.400. The maximum atomic E-state index is 11.5. The third-order valence-electron chi connectivity index (χ3n) is 6.65. The van der Waals surface area contributed by atoms with Gasteiger partial charge in [-0.1, -0.05) is 17.7 Å². The molecule has 6 heteroatoms. The number of ether oxygens (including phenoxy) is 1. The van der Waals surface area contributed by atoms with E-state index in [9.17, 15) is 10.2 Å². The van der Waals surface area contributed by atoms with E-state index in [-0.39, 0.29) is 17.7 Å². The van der Waals surface area contributed by atoms with Gasteiger partial charge in [-0.25, -0.2) is 0 Å². The highest BCUT2D eigenvalue weighted by Crippen LogP contribution is 2.55. The van der Waals surface area contributed by atoms with Gasteiger partial charge in [0.05, 0.1) is 18.4 Å². The molecule has 2 aromatic carbocycles. The van der Waals surface area contributed by atoms with Crippen LogP contribution in [-0.4, -0.2) is 31.9 Å². The van der Waals surface area contributed by atoms with Crippen LogP contribution in [0.15, 0.2) is 67.0 Å². The zero-order valence-corrected chi connectivity index (χ0v) is 18.3. The molecule has 6 nitrogen and oxygen atoms in total. The van der Waals surface area contributed by atoms with Gasteiger partial charge in [0.25, 0.3) is 0 Å². The summed E-state index contributed by atoms with van der Waals surface area (Å²) in [5.74, 6) is 0.679. The number of fused-ring (bicyclic) bond motifs is 5. The van der Waals surface area contributed by atoms with Gasteiger partial charge in [-0.2, -0.15) is 0 Å². The summed E-state index contributed by atoms with van der Waals surface area (Å²) in [6.45, 7) is 2.01. The van der Waals surface area contributed by atoms with Crippen LogP contribution in [0.2, 0.25) is 0 Å². The van der Waals surface area contributed by atoms with Gasteiger partial charge < -0.3 is 19.9 Å². The Morgan fingerprint density at radius 3 is 2.45 bits per heavy atom. The molecule has 33 heavy (non-hydrogen) atoms. The number of hydrogen-bond donors (Lipinski definition) is 3. The van der Waals surface area contributed by atoms with E-state index >= 15 is 0 Å². The molecular weight excluding hydrogens is 414 g/mol. The number of nitrogens with zero attached hydrogens (tertiary/aromatic N) is 2. The second-order valence-electron chi connectivity index (χ2n) is 8.53. The summed E-state index contributed by atoms with van der Waals surface area (Å²) in [6, 6.07) is 17.5. The summed E-state index contributed by atoms with van der Waals surface area (Å²) < 4.78 is 7.00. The van der Waals surface area contributed by atoms with E-state index in [0.717, 1.165) is 44.6 Å². The minimum absolute atomic E-state index is 0.0232. The van der Waals surface area contributed by atoms with Crippen molar-refractivity contribution in [1.29, 1.82) is 0 Å². The fraction of sp³-hybridized carbons (Fsp3) is 0.148. The molecule has 1 aliphatic carbocycles. The number of nitrogens with one attached hydrogen (secondary N) is 1. The van der Waals surface area contributed by atoms with Crippen molar-refractivity contribution in [2.24, 2.45) is 0 Å². The van der Waals surface area contributed by atoms with Crippen LogP contribution in [-0.2, 0) is 6.42 Å². The van der Waals surface area contributed by atoms with E-state index in [0.29, 0.717) is 17.7 Å². The third kappa shape index (κ3) is 2.84. The first-order chi connectivity index (χ1) is 16.1. The Balaban J connectivity index is 1.69. The quantitative estimate of drug-likeness (QED) is 0.351. The normalized spacial score (nSPS) is 14.8. The van der Waals surface area contributed by atoms with Gasteiger partial charge in [0.2, 0.25) is 11.8 Å². The van der Waals surface area contributed by atoms with Crippen molar-refractivity contribution in [1.82, 2.24) is 14.5 Å². The Morgan fingerprint density at radius 1 is 0.970 bits per heavy atom. The van der Waals surface area contributed by atoms with Crippen LogP contribution in [0.5, 0.6) is 17.5 Å². The van der Waals surface area contributed by atoms with E-state index < -0.39 is 0 Å². The summed E-state index contributed by atoms with van der Waals surface area (Å²) in [5, 5.41) is 24.0. The van der Waals surface area contributed by atoms with Crippen molar-refractivity contribution in [3.8, 4) is 34.3 Å².